The number of hydrogen-bond acceptors (Lipinski definition) is 4. The van der Waals surface area contributed by atoms with Crippen LogP contribution >= 0.6 is 0 Å². The zero-order valence-corrected chi connectivity index (χ0v) is 24.9. The van der Waals surface area contributed by atoms with Crippen molar-refractivity contribution < 1.29 is 18.3 Å². The molecule has 1 heterocycles. The maximum Gasteiger partial charge on any atom is 0.193 e. The lowest BCUT2D eigenvalue weighted by Crippen LogP contribution is -2.57. The van der Waals surface area contributed by atoms with Crippen molar-refractivity contribution >= 4 is 16.6 Å². The van der Waals surface area contributed by atoms with Crippen LogP contribution in [0.1, 0.15) is 60.5 Å². The van der Waals surface area contributed by atoms with Gasteiger partial charge in [-0.15, -0.1) is 0 Å². The summed E-state index contributed by atoms with van der Waals surface area (Å²) >= 11 is 0. The van der Waals surface area contributed by atoms with E-state index in [1.54, 1.807) is 0 Å². The maximum absolute atomic E-state index is 7.16. The van der Waals surface area contributed by atoms with Crippen LogP contribution < -0.4 is 0 Å². The Kier molecular flexibility index (Phi) is 12.0. The summed E-state index contributed by atoms with van der Waals surface area (Å²) in [5.74, 6) is 0.985. The van der Waals surface area contributed by atoms with E-state index in [4.69, 9.17) is 18.3 Å². The van der Waals surface area contributed by atoms with Gasteiger partial charge in [0.15, 0.2) is 16.6 Å². The van der Waals surface area contributed by atoms with Crippen LogP contribution in [0.2, 0.25) is 36.3 Å². The summed E-state index contributed by atoms with van der Waals surface area (Å²) in [6.45, 7) is 21.7. The van der Waals surface area contributed by atoms with Crippen LogP contribution in [0.5, 0.6) is 0 Å². The van der Waals surface area contributed by atoms with E-state index in [1.165, 1.54) is 5.56 Å². The quantitative estimate of drug-likeness (QED) is 0.179. The first-order chi connectivity index (χ1) is 16.3. The first kappa shape index (κ1) is 29.3. The van der Waals surface area contributed by atoms with E-state index in [2.05, 4.69) is 79.3 Å². The minimum atomic E-state index is -1.84. The fourth-order valence-electron chi connectivity index (χ4n) is 5.18. The third-order valence-electron chi connectivity index (χ3n) is 8.31. The van der Waals surface area contributed by atoms with Crippen molar-refractivity contribution in [2.75, 3.05) is 6.61 Å². The molecule has 0 bridgehead atoms. The molecular formula is C28H50O4Si2. The normalized spacial score (nSPS) is 23.7. The number of rotatable bonds is 15. The van der Waals surface area contributed by atoms with E-state index in [0.717, 1.165) is 48.4 Å². The molecule has 0 aromatic heterocycles. The number of benzene rings is 1. The molecule has 194 valence electrons. The molecule has 0 spiro atoms. The molecule has 0 unspecified atom stereocenters. The van der Waals surface area contributed by atoms with Gasteiger partial charge in [-0.25, -0.2) is 0 Å². The maximum atomic E-state index is 7.16. The van der Waals surface area contributed by atoms with Gasteiger partial charge in [0.2, 0.25) is 0 Å². The Labute approximate surface area is 211 Å². The second-order valence-corrected chi connectivity index (χ2v) is 19.4. The zero-order chi connectivity index (χ0) is 25.2. The van der Waals surface area contributed by atoms with Crippen LogP contribution in [0.25, 0.3) is 0 Å². The van der Waals surface area contributed by atoms with E-state index in [0.29, 0.717) is 13.2 Å². The van der Waals surface area contributed by atoms with E-state index < -0.39 is 16.6 Å². The van der Waals surface area contributed by atoms with Gasteiger partial charge in [-0.2, -0.15) is 0 Å². The third-order valence-corrected chi connectivity index (χ3v) is 17.6. The Morgan fingerprint density at radius 3 is 1.88 bits per heavy atom. The van der Waals surface area contributed by atoms with Gasteiger partial charge in [-0.1, -0.05) is 85.4 Å². The van der Waals surface area contributed by atoms with E-state index in [1.807, 2.05) is 6.07 Å². The summed E-state index contributed by atoms with van der Waals surface area (Å²) < 4.78 is 26.6. The van der Waals surface area contributed by atoms with Crippen LogP contribution in [-0.2, 0) is 24.9 Å². The van der Waals surface area contributed by atoms with E-state index >= 15 is 0 Å². The average molecular weight is 507 g/mol. The smallest absolute Gasteiger partial charge is 0.193 e. The standard InChI is InChI=1S/C28H50O4Si2/c1-9-33(10-2,11-3)31-27-23(7)26(20-21-29-22-25-18-16-15-17-19-25)30-24(8)28(27)32-34(12-4,13-5)14-6/h15-19,23,26-28H,8-14,20-22H2,1-7H3/t23-,26+,27+,28-/m1/s1. The Hall–Kier alpha value is -0.926. The highest BCUT2D eigenvalue weighted by molar-refractivity contribution is 6.74. The van der Waals surface area contributed by atoms with Gasteiger partial charge in [0.25, 0.3) is 0 Å². The van der Waals surface area contributed by atoms with Crippen LogP contribution in [0, 0.1) is 5.92 Å². The summed E-state index contributed by atoms with van der Waals surface area (Å²) in [6.07, 6.45) is 0.700. The molecular weight excluding hydrogens is 456 g/mol. The Bertz CT molecular complexity index is 702. The molecule has 0 aliphatic carbocycles. The summed E-state index contributed by atoms with van der Waals surface area (Å²) in [5.41, 5.74) is 1.20. The summed E-state index contributed by atoms with van der Waals surface area (Å²) in [5, 5.41) is 0. The van der Waals surface area contributed by atoms with Gasteiger partial charge in [0, 0.05) is 12.3 Å². The van der Waals surface area contributed by atoms with Crippen LogP contribution in [0.4, 0.5) is 0 Å². The van der Waals surface area contributed by atoms with Gasteiger partial charge in [0.1, 0.15) is 18.0 Å². The Balaban J connectivity index is 2.18. The van der Waals surface area contributed by atoms with E-state index in [9.17, 15) is 0 Å². The first-order valence-corrected chi connectivity index (χ1v) is 18.7. The van der Waals surface area contributed by atoms with Gasteiger partial charge in [0.05, 0.1) is 19.3 Å². The van der Waals surface area contributed by atoms with Crippen LogP contribution in [0.15, 0.2) is 42.7 Å². The molecule has 0 N–H and O–H groups in total. The summed E-state index contributed by atoms with van der Waals surface area (Å²) in [7, 11) is -3.67. The molecule has 4 atom stereocenters. The topological polar surface area (TPSA) is 36.9 Å². The molecule has 0 amide bonds. The molecule has 0 saturated carbocycles. The first-order valence-electron chi connectivity index (χ1n) is 13.7. The van der Waals surface area contributed by atoms with E-state index in [-0.39, 0.29) is 24.2 Å². The molecule has 1 aromatic carbocycles. The Morgan fingerprint density at radius 1 is 0.824 bits per heavy atom. The largest absolute Gasteiger partial charge is 0.492 e. The van der Waals surface area contributed by atoms with Crippen molar-refractivity contribution in [1.82, 2.24) is 0 Å². The molecule has 1 saturated heterocycles. The van der Waals surface area contributed by atoms with Crippen LogP contribution in [-0.4, -0.2) is 41.6 Å². The van der Waals surface area contributed by atoms with Crippen molar-refractivity contribution in [1.29, 1.82) is 0 Å². The summed E-state index contributed by atoms with van der Waals surface area (Å²) in [6, 6.07) is 17.1. The molecule has 0 radical (unpaired) electrons. The Morgan fingerprint density at radius 2 is 1.35 bits per heavy atom. The highest BCUT2D eigenvalue weighted by atomic mass is 28.4. The SMILES string of the molecule is C=C1O[C@@H](CCOCc2ccccc2)[C@@H](C)[C@H](O[Si](CC)(CC)CC)[C@@H]1O[Si](CC)(CC)CC. The molecule has 1 aliphatic rings. The fraction of sp³-hybridized carbons (Fsp3) is 0.714. The molecule has 6 heteroatoms. The molecule has 1 fully saturated rings. The van der Waals surface area contributed by atoms with Crippen molar-refractivity contribution in [3.8, 4) is 0 Å². The van der Waals surface area contributed by atoms with Crippen molar-refractivity contribution in [2.45, 2.75) is 116 Å². The highest BCUT2D eigenvalue weighted by Crippen LogP contribution is 2.39. The lowest BCUT2D eigenvalue weighted by atomic mass is 9.89. The molecule has 34 heavy (non-hydrogen) atoms. The predicted molar refractivity (Wildman–Crippen MR) is 148 cm³/mol. The molecule has 4 nitrogen and oxygen atoms in total. The lowest BCUT2D eigenvalue weighted by molar-refractivity contribution is -0.109. The third kappa shape index (κ3) is 7.29. The fourth-order valence-corrected chi connectivity index (χ4v) is 10.9. The van der Waals surface area contributed by atoms with Gasteiger partial charge in [-0.05, 0) is 41.8 Å². The summed E-state index contributed by atoms with van der Waals surface area (Å²) in [4.78, 5) is 0. The molecule has 1 aliphatic heterocycles. The van der Waals surface area contributed by atoms with Gasteiger partial charge >= 0.3 is 0 Å². The molecule has 1 aromatic rings. The van der Waals surface area contributed by atoms with Gasteiger partial charge in [-0.3, -0.25) is 0 Å². The predicted octanol–water partition coefficient (Wildman–Crippen LogP) is 7.92. The zero-order valence-electron chi connectivity index (χ0n) is 22.9. The monoisotopic (exact) mass is 506 g/mol. The highest BCUT2D eigenvalue weighted by Gasteiger charge is 2.48. The average Bonchev–Trinajstić information content (AvgIpc) is 2.88. The minimum Gasteiger partial charge on any atom is -0.492 e. The minimum absolute atomic E-state index is 0.00316. The number of ether oxygens (including phenoxy) is 2. The molecule has 2 rings (SSSR count). The second-order valence-electron chi connectivity index (χ2n) is 9.92. The van der Waals surface area contributed by atoms with Crippen molar-refractivity contribution in [3.05, 3.63) is 48.2 Å². The van der Waals surface area contributed by atoms with Gasteiger partial charge < -0.3 is 18.3 Å². The number of hydrogen-bond donors (Lipinski definition) is 0. The van der Waals surface area contributed by atoms with Crippen molar-refractivity contribution in [3.63, 3.8) is 0 Å². The second kappa shape index (κ2) is 14.0. The lowest BCUT2D eigenvalue weighted by Gasteiger charge is -2.48. The van der Waals surface area contributed by atoms with Crippen molar-refractivity contribution in [2.24, 2.45) is 5.92 Å². The van der Waals surface area contributed by atoms with Crippen LogP contribution in [0.3, 0.4) is 0 Å².